The summed E-state index contributed by atoms with van der Waals surface area (Å²) in [5.74, 6) is 2.30. The van der Waals surface area contributed by atoms with Gasteiger partial charge in [-0.15, -0.1) is 0 Å². The van der Waals surface area contributed by atoms with Gasteiger partial charge in [0.1, 0.15) is 0 Å². The van der Waals surface area contributed by atoms with Crippen LogP contribution in [0, 0.1) is 5.92 Å². The molecule has 0 bridgehead atoms. The van der Waals surface area contributed by atoms with E-state index in [1.807, 2.05) is 6.92 Å². The van der Waals surface area contributed by atoms with Crippen LogP contribution in [0.1, 0.15) is 31.4 Å². The van der Waals surface area contributed by atoms with Gasteiger partial charge in [0, 0.05) is 45.4 Å². The highest BCUT2D eigenvalue weighted by Gasteiger charge is 2.31. The SMILES string of the molecule is CCOc1cc([C@H](C2CCOCC2)N2CCNCC2)ccc1OC. The minimum absolute atomic E-state index is 0.432. The number of rotatable bonds is 6. The molecule has 2 heterocycles. The maximum Gasteiger partial charge on any atom is 0.161 e. The first-order valence-corrected chi connectivity index (χ1v) is 9.16. The Labute approximate surface area is 145 Å². The molecule has 2 aliphatic heterocycles. The zero-order valence-electron chi connectivity index (χ0n) is 14.9. The number of piperazine rings is 1. The van der Waals surface area contributed by atoms with Crippen molar-refractivity contribution in [2.24, 2.45) is 5.92 Å². The Bertz CT molecular complexity index is 493. The van der Waals surface area contributed by atoms with Crippen LogP contribution in [0.2, 0.25) is 0 Å². The van der Waals surface area contributed by atoms with E-state index in [2.05, 4.69) is 28.4 Å². The van der Waals surface area contributed by atoms with Gasteiger partial charge in [-0.25, -0.2) is 0 Å². The normalized spacial score (nSPS) is 21.4. The average Bonchev–Trinajstić information content (AvgIpc) is 2.64. The number of benzene rings is 1. The Kier molecular flexibility index (Phi) is 6.35. The Morgan fingerprint density at radius 2 is 1.96 bits per heavy atom. The van der Waals surface area contributed by atoms with Crippen LogP contribution in [0.25, 0.3) is 0 Å². The standard InChI is InChI=1S/C19H30N2O3/c1-3-24-18-14-16(4-5-17(18)22-2)19(15-6-12-23-13-7-15)21-10-8-20-9-11-21/h4-5,14-15,19-20H,3,6-13H2,1-2H3/t19-/m0/s1. The van der Waals surface area contributed by atoms with Gasteiger partial charge < -0.3 is 19.5 Å². The van der Waals surface area contributed by atoms with Crippen molar-refractivity contribution < 1.29 is 14.2 Å². The van der Waals surface area contributed by atoms with Crippen molar-refractivity contribution in [1.29, 1.82) is 0 Å². The molecule has 0 spiro atoms. The second kappa shape index (κ2) is 8.70. The molecule has 1 N–H and O–H groups in total. The molecule has 1 aromatic carbocycles. The van der Waals surface area contributed by atoms with Crippen molar-refractivity contribution in [3.05, 3.63) is 23.8 Å². The zero-order chi connectivity index (χ0) is 16.8. The van der Waals surface area contributed by atoms with Crippen molar-refractivity contribution in [3.8, 4) is 11.5 Å². The fourth-order valence-electron chi connectivity index (χ4n) is 3.92. The van der Waals surface area contributed by atoms with E-state index in [0.29, 0.717) is 18.6 Å². The second-order valence-corrected chi connectivity index (χ2v) is 6.52. The predicted octanol–water partition coefficient (Wildman–Crippen LogP) is 2.47. The lowest BCUT2D eigenvalue weighted by molar-refractivity contribution is 0.0212. The number of nitrogens with zero attached hydrogens (tertiary/aromatic N) is 1. The Morgan fingerprint density at radius 3 is 2.62 bits per heavy atom. The maximum atomic E-state index is 5.81. The van der Waals surface area contributed by atoms with Gasteiger partial charge in [-0.1, -0.05) is 6.07 Å². The maximum absolute atomic E-state index is 5.81. The van der Waals surface area contributed by atoms with Gasteiger partial charge in [-0.3, -0.25) is 4.90 Å². The van der Waals surface area contributed by atoms with Crippen LogP contribution in [-0.4, -0.2) is 58.0 Å². The Morgan fingerprint density at radius 1 is 1.21 bits per heavy atom. The van der Waals surface area contributed by atoms with Crippen molar-refractivity contribution in [2.75, 3.05) is 53.1 Å². The summed E-state index contributed by atoms with van der Waals surface area (Å²) in [4.78, 5) is 2.63. The number of methoxy groups -OCH3 is 1. The van der Waals surface area contributed by atoms with Gasteiger partial charge in [-0.05, 0) is 43.4 Å². The van der Waals surface area contributed by atoms with Crippen molar-refractivity contribution >= 4 is 0 Å². The molecule has 0 radical (unpaired) electrons. The average molecular weight is 334 g/mol. The van der Waals surface area contributed by atoms with Gasteiger partial charge in [-0.2, -0.15) is 0 Å². The smallest absolute Gasteiger partial charge is 0.161 e. The molecule has 2 fully saturated rings. The highest BCUT2D eigenvalue weighted by molar-refractivity contribution is 5.44. The fraction of sp³-hybridized carbons (Fsp3) is 0.684. The van der Waals surface area contributed by atoms with Crippen LogP contribution in [0.15, 0.2) is 18.2 Å². The van der Waals surface area contributed by atoms with E-state index in [4.69, 9.17) is 14.2 Å². The lowest BCUT2D eigenvalue weighted by Crippen LogP contribution is -2.47. The van der Waals surface area contributed by atoms with E-state index < -0.39 is 0 Å². The summed E-state index contributed by atoms with van der Waals surface area (Å²) in [6.45, 7) is 8.73. The zero-order valence-corrected chi connectivity index (χ0v) is 14.9. The summed E-state index contributed by atoms with van der Waals surface area (Å²) in [7, 11) is 1.70. The number of ether oxygens (including phenoxy) is 3. The van der Waals surface area contributed by atoms with Crippen LogP contribution in [-0.2, 0) is 4.74 Å². The first kappa shape index (κ1) is 17.5. The fourth-order valence-corrected chi connectivity index (χ4v) is 3.92. The molecule has 0 aromatic heterocycles. The molecule has 1 aromatic rings. The first-order chi connectivity index (χ1) is 11.8. The van der Waals surface area contributed by atoms with Gasteiger partial charge in [0.2, 0.25) is 0 Å². The van der Waals surface area contributed by atoms with E-state index in [-0.39, 0.29) is 0 Å². The summed E-state index contributed by atoms with van der Waals surface area (Å²) >= 11 is 0. The molecule has 3 rings (SSSR count). The monoisotopic (exact) mass is 334 g/mol. The van der Waals surface area contributed by atoms with Crippen LogP contribution in [0.5, 0.6) is 11.5 Å². The topological polar surface area (TPSA) is 43.0 Å². The summed E-state index contributed by atoms with van der Waals surface area (Å²) in [5, 5.41) is 3.46. The lowest BCUT2D eigenvalue weighted by Gasteiger charge is -2.41. The molecule has 134 valence electrons. The Hall–Kier alpha value is -1.30. The molecule has 24 heavy (non-hydrogen) atoms. The van der Waals surface area contributed by atoms with Gasteiger partial charge in [0.25, 0.3) is 0 Å². The molecule has 1 atom stereocenters. The molecule has 5 heteroatoms. The van der Waals surface area contributed by atoms with Gasteiger partial charge in [0.15, 0.2) is 11.5 Å². The molecule has 0 aliphatic carbocycles. The summed E-state index contributed by atoms with van der Waals surface area (Å²) < 4.78 is 16.9. The molecule has 0 amide bonds. The van der Waals surface area contributed by atoms with Crippen molar-refractivity contribution in [1.82, 2.24) is 10.2 Å². The summed E-state index contributed by atoms with van der Waals surface area (Å²) in [6, 6.07) is 6.88. The summed E-state index contributed by atoms with van der Waals surface area (Å²) in [5.41, 5.74) is 1.34. The summed E-state index contributed by atoms with van der Waals surface area (Å²) in [6.07, 6.45) is 2.26. The van der Waals surface area contributed by atoms with E-state index in [1.54, 1.807) is 7.11 Å². The second-order valence-electron chi connectivity index (χ2n) is 6.52. The van der Waals surface area contributed by atoms with Crippen LogP contribution < -0.4 is 14.8 Å². The van der Waals surface area contributed by atoms with Crippen molar-refractivity contribution in [3.63, 3.8) is 0 Å². The number of hydrogen-bond donors (Lipinski definition) is 1. The largest absolute Gasteiger partial charge is 0.493 e. The molecule has 5 nitrogen and oxygen atoms in total. The van der Waals surface area contributed by atoms with E-state index in [9.17, 15) is 0 Å². The van der Waals surface area contributed by atoms with E-state index in [1.165, 1.54) is 5.56 Å². The van der Waals surface area contributed by atoms with Gasteiger partial charge >= 0.3 is 0 Å². The third-order valence-electron chi connectivity index (χ3n) is 5.09. The van der Waals surface area contributed by atoms with Crippen LogP contribution in [0.4, 0.5) is 0 Å². The minimum atomic E-state index is 0.432. The van der Waals surface area contributed by atoms with E-state index in [0.717, 1.165) is 63.7 Å². The lowest BCUT2D eigenvalue weighted by atomic mass is 9.85. The van der Waals surface area contributed by atoms with Crippen LogP contribution >= 0.6 is 0 Å². The van der Waals surface area contributed by atoms with Crippen LogP contribution in [0.3, 0.4) is 0 Å². The number of nitrogens with one attached hydrogen (secondary N) is 1. The third-order valence-corrected chi connectivity index (χ3v) is 5.09. The Balaban J connectivity index is 1.89. The molecular formula is C19H30N2O3. The first-order valence-electron chi connectivity index (χ1n) is 9.16. The van der Waals surface area contributed by atoms with E-state index >= 15 is 0 Å². The highest BCUT2D eigenvalue weighted by Crippen LogP contribution is 2.39. The molecule has 2 saturated heterocycles. The molecule has 2 aliphatic rings. The molecule has 0 saturated carbocycles. The highest BCUT2D eigenvalue weighted by atomic mass is 16.5. The third kappa shape index (κ3) is 4.02. The predicted molar refractivity (Wildman–Crippen MR) is 94.9 cm³/mol. The minimum Gasteiger partial charge on any atom is -0.493 e. The number of hydrogen-bond acceptors (Lipinski definition) is 5. The molecule has 0 unspecified atom stereocenters. The molecular weight excluding hydrogens is 304 g/mol. The van der Waals surface area contributed by atoms with Crippen molar-refractivity contribution in [2.45, 2.75) is 25.8 Å². The van der Waals surface area contributed by atoms with Gasteiger partial charge in [0.05, 0.1) is 13.7 Å². The quantitative estimate of drug-likeness (QED) is 0.866.